The number of aromatic amines is 1. The molecule has 9 heteroatoms. The van der Waals surface area contributed by atoms with E-state index >= 15 is 0 Å². The lowest BCUT2D eigenvalue weighted by Crippen LogP contribution is -2.14. The van der Waals surface area contributed by atoms with Crippen molar-refractivity contribution in [3.05, 3.63) is 65.7 Å². The van der Waals surface area contributed by atoms with E-state index in [2.05, 4.69) is 20.0 Å². The highest BCUT2D eigenvalue weighted by molar-refractivity contribution is 7.92. The average molecular weight is 427 g/mol. The number of rotatable bonds is 6. The second-order valence-corrected chi connectivity index (χ2v) is 9.18. The van der Waals surface area contributed by atoms with Crippen LogP contribution < -0.4 is 10.0 Å². The predicted molar refractivity (Wildman–Crippen MR) is 117 cm³/mol. The smallest absolute Gasteiger partial charge is 0.230 e. The van der Waals surface area contributed by atoms with Gasteiger partial charge in [-0.2, -0.15) is 0 Å². The van der Waals surface area contributed by atoms with Gasteiger partial charge in [0.05, 0.1) is 18.4 Å². The summed E-state index contributed by atoms with van der Waals surface area (Å²) >= 11 is 1.34. The number of anilines is 2. The van der Waals surface area contributed by atoms with Gasteiger partial charge in [-0.15, -0.1) is 11.3 Å². The van der Waals surface area contributed by atoms with Crippen LogP contribution in [0.2, 0.25) is 0 Å². The summed E-state index contributed by atoms with van der Waals surface area (Å²) < 4.78 is 25.0. The highest BCUT2D eigenvalue weighted by Crippen LogP contribution is 2.26. The van der Waals surface area contributed by atoms with Crippen molar-refractivity contribution < 1.29 is 13.2 Å². The van der Waals surface area contributed by atoms with Crippen molar-refractivity contribution in [1.29, 1.82) is 0 Å². The van der Waals surface area contributed by atoms with Crippen molar-refractivity contribution in [3.63, 3.8) is 0 Å². The Morgan fingerprint density at radius 1 is 1.14 bits per heavy atom. The van der Waals surface area contributed by atoms with Gasteiger partial charge in [-0.25, -0.2) is 13.4 Å². The van der Waals surface area contributed by atoms with Gasteiger partial charge in [-0.1, -0.05) is 30.3 Å². The minimum absolute atomic E-state index is 0.136. The molecule has 0 unspecified atom stereocenters. The third-order valence-electron chi connectivity index (χ3n) is 4.26. The number of aromatic nitrogens is 2. The minimum atomic E-state index is -3.31. The van der Waals surface area contributed by atoms with Crippen molar-refractivity contribution in [3.8, 4) is 11.3 Å². The number of hydrogen-bond acceptors (Lipinski definition) is 5. The second-order valence-electron chi connectivity index (χ2n) is 6.57. The van der Waals surface area contributed by atoms with Crippen LogP contribution in [0, 0.1) is 0 Å². The number of sulfonamides is 1. The van der Waals surface area contributed by atoms with Crippen LogP contribution in [0.4, 0.5) is 10.8 Å². The first-order valence-electron chi connectivity index (χ1n) is 8.76. The van der Waals surface area contributed by atoms with Crippen LogP contribution in [0.25, 0.3) is 22.2 Å². The molecule has 29 heavy (non-hydrogen) atoms. The Bertz CT molecular complexity index is 1270. The zero-order valence-electron chi connectivity index (χ0n) is 15.5. The molecule has 0 radical (unpaired) electrons. The first-order valence-corrected chi connectivity index (χ1v) is 11.5. The molecule has 4 rings (SSSR count). The summed E-state index contributed by atoms with van der Waals surface area (Å²) in [5.41, 5.74) is 3.96. The van der Waals surface area contributed by atoms with E-state index in [4.69, 9.17) is 0 Å². The summed E-state index contributed by atoms with van der Waals surface area (Å²) in [6.45, 7) is 0. The number of nitrogens with one attached hydrogen (secondary N) is 3. The Hall–Kier alpha value is -3.17. The molecule has 0 aliphatic rings. The maximum Gasteiger partial charge on any atom is 0.230 e. The number of amides is 1. The Morgan fingerprint density at radius 3 is 2.66 bits per heavy atom. The van der Waals surface area contributed by atoms with Crippen LogP contribution >= 0.6 is 11.3 Å². The molecule has 0 spiro atoms. The molecule has 0 aliphatic carbocycles. The van der Waals surface area contributed by atoms with Gasteiger partial charge >= 0.3 is 0 Å². The maximum atomic E-state index is 12.4. The molecule has 2 aromatic heterocycles. The van der Waals surface area contributed by atoms with E-state index in [1.807, 2.05) is 35.8 Å². The van der Waals surface area contributed by atoms with Crippen LogP contribution in [0.1, 0.15) is 5.56 Å². The Morgan fingerprint density at radius 2 is 1.90 bits per heavy atom. The van der Waals surface area contributed by atoms with Gasteiger partial charge in [0.25, 0.3) is 0 Å². The summed E-state index contributed by atoms with van der Waals surface area (Å²) in [4.78, 5) is 20.0. The molecule has 4 aromatic rings. The van der Waals surface area contributed by atoms with Crippen LogP contribution in [-0.2, 0) is 21.2 Å². The number of hydrogen-bond donors (Lipinski definition) is 3. The summed E-state index contributed by atoms with van der Waals surface area (Å²) in [6.07, 6.45) is 3.21. The molecule has 0 atom stereocenters. The standard InChI is InChI=1S/C20H18N4O3S2/c1-29(26,27)24-15-8-6-13(7-9-15)18-12-28-20(22-18)23-19(25)10-14-11-21-17-5-3-2-4-16(14)17/h2-9,11-12,21,24H,10H2,1H3,(H,22,23,25). The zero-order chi connectivity index (χ0) is 20.4. The molecule has 7 nitrogen and oxygen atoms in total. The first-order chi connectivity index (χ1) is 13.9. The lowest BCUT2D eigenvalue weighted by Gasteiger charge is -2.04. The molecular weight excluding hydrogens is 408 g/mol. The minimum Gasteiger partial charge on any atom is -0.361 e. The number of H-pyrrole nitrogens is 1. The summed E-state index contributed by atoms with van der Waals surface area (Å²) in [5, 5.41) is 6.24. The molecule has 0 saturated carbocycles. The highest BCUT2D eigenvalue weighted by atomic mass is 32.2. The molecule has 0 saturated heterocycles. The Labute approximate surface area is 171 Å². The van der Waals surface area contributed by atoms with E-state index in [9.17, 15) is 13.2 Å². The van der Waals surface area contributed by atoms with Crippen LogP contribution in [0.3, 0.4) is 0 Å². The van der Waals surface area contributed by atoms with Gasteiger partial charge in [0.1, 0.15) is 0 Å². The monoisotopic (exact) mass is 426 g/mol. The number of benzene rings is 2. The van der Waals surface area contributed by atoms with Crippen molar-refractivity contribution in [2.75, 3.05) is 16.3 Å². The molecular formula is C20H18N4O3S2. The molecule has 0 fully saturated rings. The number of para-hydroxylation sites is 1. The lowest BCUT2D eigenvalue weighted by atomic mass is 10.1. The third kappa shape index (κ3) is 4.64. The normalized spacial score (nSPS) is 11.5. The highest BCUT2D eigenvalue weighted by Gasteiger charge is 2.12. The van der Waals surface area contributed by atoms with Crippen LogP contribution in [0.5, 0.6) is 0 Å². The largest absolute Gasteiger partial charge is 0.361 e. The number of carbonyl (C=O) groups is 1. The molecule has 0 aliphatic heterocycles. The number of carbonyl (C=O) groups excluding carboxylic acids is 1. The van der Waals surface area contributed by atoms with Gasteiger partial charge in [0, 0.05) is 33.7 Å². The van der Waals surface area contributed by atoms with Gasteiger partial charge in [0.2, 0.25) is 15.9 Å². The van der Waals surface area contributed by atoms with Gasteiger partial charge in [0.15, 0.2) is 5.13 Å². The first kappa shape index (κ1) is 19.2. The second kappa shape index (κ2) is 7.69. The van der Waals surface area contributed by atoms with E-state index in [0.717, 1.165) is 28.3 Å². The molecule has 2 heterocycles. The zero-order valence-corrected chi connectivity index (χ0v) is 17.1. The van der Waals surface area contributed by atoms with E-state index in [1.54, 1.807) is 24.3 Å². The van der Waals surface area contributed by atoms with Crippen molar-refractivity contribution in [1.82, 2.24) is 9.97 Å². The molecule has 148 valence electrons. The SMILES string of the molecule is CS(=O)(=O)Nc1ccc(-c2csc(NC(=O)Cc3c[nH]c4ccccc34)n2)cc1. The quantitative estimate of drug-likeness (QED) is 0.436. The summed E-state index contributed by atoms with van der Waals surface area (Å²) in [6, 6.07) is 14.7. The van der Waals surface area contributed by atoms with E-state index < -0.39 is 10.0 Å². The fraction of sp³-hybridized carbons (Fsp3) is 0.100. The van der Waals surface area contributed by atoms with Gasteiger partial charge < -0.3 is 10.3 Å². The van der Waals surface area contributed by atoms with E-state index in [0.29, 0.717) is 16.5 Å². The molecule has 2 aromatic carbocycles. The van der Waals surface area contributed by atoms with Crippen LogP contribution in [-0.4, -0.2) is 30.5 Å². The van der Waals surface area contributed by atoms with E-state index in [-0.39, 0.29) is 12.3 Å². The van der Waals surface area contributed by atoms with Gasteiger partial charge in [-0.05, 0) is 23.8 Å². The van der Waals surface area contributed by atoms with Gasteiger partial charge in [-0.3, -0.25) is 9.52 Å². The molecule has 3 N–H and O–H groups in total. The van der Waals surface area contributed by atoms with Crippen molar-refractivity contribution in [2.24, 2.45) is 0 Å². The fourth-order valence-electron chi connectivity index (χ4n) is 3.00. The molecule has 0 bridgehead atoms. The Kier molecular flexibility index (Phi) is 5.08. The number of thiazole rings is 1. The van der Waals surface area contributed by atoms with Crippen molar-refractivity contribution >= 4 is 49.0 Å². The molecule has 1 amide bonds. The average Bonchev–Trinajstić information content (AvgIpc) is 3.29. The summed E-state index contributed by atoms with van der Waals surface area (Å²) in [7, 11) is -3.31. The Balaban J connectivity index is 1.43. The number of fused-ring (bicyclic) bond motifs is 1. The van der Waals surface area contributed by atoms with Crippen LogP contribution in [0.15, 0.2) is 60.1 Å². The predicted octanol–water partition coefficient (Wildman–Crippen LogP) is 3.84. The van der Waals surface area contributed by atoms with Crippen molar-refractivity contribution in [2.45, 2.75) is 6.42 Å². The summed E-state index contributed by atoms with van der Waals surface area (Å²) in [5.74, 6) is -0.136. The van der Waals surface area contributed by atoms with E-state index in [1.165, 1.54) is 11.3 Å². The topological polar surface area (TPSA) is 104 Å². The lowest BCUT2D eigenvalue weighted by molar-refractivity contribution is -0.115. The maximum absolute atomic E-state index is 12.4. The number of nitrogens with zero attached hydrogens (tertiary/aromatic N) is 1. The fourth-order valence-corrected chi connectivity index (χ4v) is 4.30. The third-order valence-corrected chi connectivity index (χ3v) is 5.62.